The molecule has 4 heterocycles. The molecule has 0 aliphatic carbocycles. The lowest BCUT2D eigenvalue weighted by Crippen LogP contribution is -2.31. The third-order valence-corrected chi connectivity index (χ3v) is 6.83. The van der Waals surface area contributed by atoms with Crippen LogP contribution in [0, 0.1) is 0 Å². The molecule has 4 aromatic rings. The van der Waals surface area contributed by atoms with Gasteiger partial charge in [0.05, 0.1) is 34.5 Å². The first-order valence-electron chi connectivity index (χ1n) is 9.85. The molecule has 1 fully saturated rings. The largest absolute Gasteiger partial charge is 0.336 e. The number of hydrogen-bond acceptors (Lipinski definition) is 7. The summed E-state index contributed by atoms with van der Waals surface area (Å²) >= 11 is 0. The van der Waals surface area contributed by atoms with E-state index in [4.69, 9.17) is 4.98 Å². The minimum absolute atomic E-state index is 0.263. The Hall–Kier alpha value is -2.98. The van der Waals surface area contributed by atoms with Crippen molar-refractivity contribution in [2.45, 2.75) is 23.8 Å². The van der Waals surface area contributed by atoms with Crippen molar-refractivity contribution in [1.82, 2.24) is 29.9 Å². The molecule has 0 atom stereocenters. The number of nitrogens with zero attached hydrogens (tertiary/aromatic N) is 5. The summed E-state index contributed by atoms with van der Waals surface area (Å²) in [6, 6.07) is 5.36. The number of fused-ring (bicyclic) bond motifs is 3. The van der Waals surface area contributed by atoms with E-state index in [-0.39, 0.29) is 4.90 Å². The molecular formula is C20H23N7O2S. The Morgan fingerprint density at radius 3 is 2.73 bits per heavy atom. The van der Waals surface area contributed by atoms with E-state index in [0.29, 0.717) is 17.4 Å². The molecule has 1 aliphatic rings. The van der Waals surface area contributed by atoms with E-state index in [2.05, 4.69) is 32.6 Å². The highest BCUT2D eigenvalue weighted by molar-refractivity contribution is 7.90. The van der Waals surface area contributed by atoms with Gasteiger partial charge >= 0.3 is 0 Å². The average molecular weight is 426 g/mol. The van der Waals surface area contributed by atoms with Crippen LogP contribution in [0.2, 0.25) is 0 Å². The maximum atomic E-state index is 11.9. The molecule has 0 unspecified atom stereocenters. The Bertz CT molecular complexity index is 1330. The van der Waals surface area contributed by atoms with E-state index in [1.807, 2.05) is 10.9 Å². The third-order valence-electron chi connectivity index (χ3n) is 5.72. The fraction of sp³-hybridized carbons (Fsp3) is 0.350. The van der Waals surface area contributed by atoms with Crippen molar-refractivity contribution in [2.24, 2.45) is 0 Å². The normalized spacial score (nSPS) is 16.5. The van der Waals surface area contributed by atoms with Gasteiger partial charge in [-0.05, 0) is 51.2 Å². The van der Waals surface area contributed by atoms with Gasteiger partial charge in [0.2, 0.25) is 0 Å². The molecule has 0 bridgehead atoms. The molecule has 0 saturated carbocycles. The molecular weight excluding hydrogens is 402 g/mol. The van der Waals surface area contributed by atoms with Gasteiger partial charge in [-0.3, -0.25) is 9.78 Å². The van der Waals surface area contributed by atoms with Gasteiger partial charge in [-0.15, -0.1) is 0 Å². The summed E-state index contributed by atoms with van der Waals surface area (Å²) in [7, 11) is -1.16. The summed E-state index contributed by atoms with van der Waals surface area (Å²) in [5, 5.41) is 16.6. The number of aromatic nitrogens is 5. The molecule has 156 valence electrons. The van der Waals surface area contributed by atoms with E-state index < -0.39 is 9.84 Å². The van der Waals surface area contributed by atoms with Crippen molar-refractivity contribution < 1.29 is 8.42 Å². The standard InChI is InChI=1S/C20H23N7O2S/c1-26-7-5-14(6-8-26)27-12-13(10-22-27)23-20-19-17(11-21-25-19)16-9-15(30(2,28)29)3-4-18(16)24-20/h3-4,9-12,14H,5-8H2,1-2H3,(H,21,25)(H,23,24). The molecule has 3 aromatic heterocycles. The SMILES string of the molecule is CN1CCC(n2cc(Nc3nc4ccc(S(C)(=O)=O)cc4c4cn[nH]c34)cn2)CC1. The predicted octanol–water partition coefficient (Wildman–Crippen LogP) is 2.72. The second kappa shape index (κ2) is 7.06. The van der Waals surface area contributed by atoms with Crippen LogP contribution in [-0.2, 0) is 9.84 Å². The molecule has 10 heteroatoms. The zero-order valence-electron chi connectivity index (χ0n) is 16.8. The van der Waals surface area contributed by atoms with E-state index in [1.54, 1.807) is 30.6 Å². The fourth-order valence-corrected chi connectivity index (χ4v) is 4.64. The first-order chi connectivity index (χ1) is 14.4. The summed E-state index contributed by atoms with van der Waals surface area (Å²) in [4.78, 5) is 7.30. The number of hydrogen-bond donors (Lipinski definition) is 2. The minimum atomic E-state index is -3.30. The van der Waals surface area contributed by atoms with E-state index in [9.17, 15) is 8.42 Å². The number of pyridine rings is 1. The fourth-order valence-electron chi connectivity index (χ4n) is 4.00. The molecule has 9 nitrogen and oxygen atoms in total. The second-order valence-electron chi connectivity index (χ2n) is 7.94. The predicted molar refractivity (Wildman–Crippen MR) is 116 cm³/mol. The molecule has 5 rings (SSSR count). The van der Waals surface area contributed by atoms with Crippen LogP contribution in [0.4, 0.5) is 11.5 Å². The highest BCUT2D eigenvalue weighted by Crippen LogP contribution is 2.31. The molecule has 0 amide bonds. The van der Waals surface area contributed by atoms with Crippen LogP contribution in [0.5, 0.6) is 0 Å². The molecule has 0 radical (unpaired) electrons. The first kappa shape index (κ1) is 19.0. The zero-order chi connectivity index (χ0) is 20.9. The lowest BCUT2D eigenvalue weighted by Gasteiger charge is -2.28. The number of H-pyrrole nitrogens is 1. The molecule has 2 N–H and O–H groups in total. The van der Waals surface area contributed by atoms with Crippen LogP contribution in [0.15, 0.2) is 41.7 Å². The average Bonchev–Trinajstić information content (AvgIpc) is 3.38. The van der Waals surface area contributed by atoms with Crippen molar-refractivity contribution in [2.75, 3.05) is 31.7 Å². The number of benzene rings is 1. The summed E-state index contributed by atoms with van der Waals surface area (Å²) < 4.78 is 25.9. The summed E-state index contributed by atoms with van der Waals surface area (Å²) in [6.45, 7) is 2.15. The molecule has 1 aromatic carbocycles. The Morgan fingerprint density at radius 2 is 1.97 bits per heavy atom. The molecule has 1 saturated heterocycles. The number of likely N-dealkylation sites (tertiary alicyclic amines) is 1. The smallest absolute Gasteiger partial charge is 0.175 e. The number of aromatic amines is 1. The number of nitrogens with one attached hydrogen (secondary N) is 2. The van der Waals surface area contributed by atoms with Crippen LogP contribution < -0.4 is 5.32 Å². The second-order valence-corrected chi connectivity index (χ2v) is 9.95. The lowest BCUT2D eigenvalue weighted by atomic mass is 10.1. The number of rotatable bonds is 4. The Morgan fingerprint density at radius 1 is 1.17 bits per heavy atom. The molecule has 1 aliphatic heterocycles. The van der Waals surface area contributed by atoms with Gasteiger partial charge in [0.15, 0.2) is 15.7 Å². The number of anilines is 2. The first-order valence-corrected chi connectivity index (χ1v) is 11.7. The Balaban J connectivity index is 1.50. The maximum absolute atomic E-state index is 11.9. The monoisotopic (exact) mass is 425 g/mol. The van der Waals surface area contributed by atoms with Crippen molar-refractivity contribution in [1.29, 1.82) is 0 Å². The zero-order valence-corrected chi connectivity index (χ0v) is 17.6. The number of sulfone groups is 1. The highest BCUT2D eigenvalue weighted by atomic mass is 32.2. The van der Waals surface area contributed by atoms with Crippen LogP contribution in [0.25, 0.3) is 21.8 Å². The van der Waals surface area contributed by atoms with Crippen molar-refractivity contribution in [3.63, 3.8) is 0 Å². The van der Waals surface area contributed by atoms with Crippen LogP contribution in [0.1, 0.15) is 18.9 Å². The number of piperidine rings is 1. The maximum Gasteiger partial charge on any atom is 0.175 e. The van der Waals surface area contributed by atoms with Gasteiger partial charge in [-0.2, -0.15) is 10.2 Å². The van der Waals surface area contributed by atoms with Crippen LogP contribution >= 0.6 is 0 Å². The van der Waals surface area contributed by atoms with Gasteiger partial charge in [-0.25, -0.2) is 13.4 Å². The minimum Gasteiger partial charge on any atom is -0.336 e. The quantitative estimate of drug-likeness (QED) is 0.517. The van der Waals surface area contributed by atoms with Crippen molar-refractivity contribution >= 4 is 43.1 Å². The van der Waals surface area contributed by atoms with Crippen molar-refractivity contribution in [3.8, 4) is 0 Å². The summed E-state index contributed by atoms with van der Waals surface area (Å²) in [6.07, 6.45) is 8.87. The van der Waals surface area contributed by atoms with Crippen molar-refractivity contribution in [3.05, 3.63) is 36.8 Å². The van der Waals surface area contributed by atoms with Gasteiger partial charge in [0.25, 0.3) is 0 Å². The van der Waals surface area contributed by atoms with Crippen LogP contribution in [-0.4, -0.2) is 64.7 Å². The van der Waals surface area contributed by atoms with Crippen LogP contribution in [0.3, 0.4) is 0 Å². The molecule has 30 heavy (non-hydrogen) atoms. The Labute approximate surface area is 174 Å². The van der Waals surface area contributed by atoms with E-state index >= 15 is 0 Å². The van der Waals surface area contributed by atoms with E-state index in [0.717, 1.165) is 47.9 Å². The summed E-state index contributed by atoms with van der Waals surface area (Å²) in [5.41, 5.74) is 2.27. The highest BCUT2D eigenvalue weighted by Gasteiger charge is 2.19. The van der Waals surface area contributed by atoms with E-state index in [1.165, 1.54) is 6.26 Å². The van der Waals surface area contributed by atoms with Gasteiger partial charge in [-0.1, -0.05) is 0 Å². The van der Waals surface area contributed by atoms with Gasteiger partial charge < -0.3 is 10.2 Å². The van der Waals surface area contributed by atoms with Gasteiger partial charge in [0.1, 0.15) is 5.52 Å². The topological polar surface area (TPSA) is 109 Å². The van der Waals surface area contributed by atoms with Gasteiger partial charge in [0, 0.05) is 23.2 Å². The third kappa shape index (κ3) is 3.41. The Kier molecular flexibility index (Phi) is 4.48. The summed E-state index contributed by atoms with van der Waals surface area (Å²) in [5.74, 6) is 0.630. The molecule has 0 spiro atoms. The lowest BCUT2D eigenvalue weighted by molar-refractivity contribution is 0.212.